The fourth-order valence-corrected chi connectivity index (χ4v) is 2.37. The molecule has 0 aliphatic carbocycles. The van der Waals surface area contributed by atoms with E-state index in [-0.39, 0.29) is 17.3 Å². The van der Waals surface area contributed by atoms with Crippen molar-refractivity contribution in [2.24, 2.45) is 0 Å². The minimum Gasteiger partial charge on any atom is -0.480 e. The number of rotatable bonds is 5. The molecule has 0 aliphatic rings. The van der Waals surface area contributed by atoms with Crippen molar-refractivity contribution in [3.8, 4) is 5.75 Å². The number of amides is 2. The second-order valence-electron chi connectivity index (χ2n) is 5.61. The Hall–Kier alpha value is -2.74. The molecule has 0 bridgehead atoms. The zero-order valence-electron chi connectivity index (χ0n) is 14.4. The maximum Gasteiger partial charge on any atom is 0.419 e. The van der Waals surface area contributed by atoms with Gasteiger partial charge in [0.05, 0.1) is 16.9 Å². The van der Waals surface area contributed by atoms with Crippen LogP contribution in [-0.4, -0.2) is 17.9 Å². The maximum atomic E-state index is 13.0. The first-order chi connectivity index (χ1) is 12.6. The van der Waals surface area contributed by atoms with Gasteiger partial charge in [-0.05, 0) is 37.3 Å². The summed E-state index contributed by atoms with van der Waals surface area (Å²) in [4.78, 5) is 23.6. The molecule has 0 aliphatic heterocycles. The molecular weight excluding hydrogens is 385 g/mol. The predicted molar refractivity (Wildman–Crippen MR) is 95.9 cm³/mol. The lowest BCUT2D eigenvalue weighted by Crippen LogP contribution is -2.31. The predicted octanol–water partition coefficient (Wildman–Crippen LogP) is 4.72. The molecule has 2 rings (SSSR count). The number of carbonyl (C=O) groups is 2. The first-order valence-corrected chi connectivity index (χ1v) is 8.16. The first-order valence-electron chi connectivity index (χ1n) is 7.79. The number of hydrogen-bond acceptors (Lipinski definition) is 3. The normalized spacial score (nSPS) is 12.2. The van der Waals surface area contributed by atoms with Gasteiger partial charge in [0, 0.05) is 11.9 Å². The molecule has 5 nitrogen and oxygen atoms in total. The molecule has 0 radical (unpaired) electrons. The van der Waals surface area contributed by atoms with Gasteiger partial charge in [0.1, 0.15) is 5.75 Å². The number of benzene rings is 2. The zero-order chi connectivity index (χ0) is 20.2. The summed E-state index contributed by atoms with van der Waals surface area (Å²) in [6.45, 7) is 2.60. The fourth-order valence-electron chi connectivity index (χ4n) is 2.20. The number of anilines is 2. The van der Waals surface area contributed by atoms with Gasteiger partial charge in [0.2, 0.25) is 5.91 Å². The quantitative estimate of drug-likeness (QED) is 0.763. The molecule has 2 amide bonds. The lowest BCUT2D eigenvalue weighted by Gasteiger charge is -2.19. The molecule has 1 unspecified atom stereocenters. The van der Waals surface area contributed by atoms with Crippen LogP contribution in [0.5, 0.6) is 5.75 Å². The van der Waals surface area contributed by atoms with E-state index in [1.54, 1.807) is 0 Å². The van der Waals surface area contributed by atoms with Crippen LogP contribution in [0.1, 0.15) is 19.4 Å². The standard InChI is InChI=1S/C18H16ClF3N2O3/c1-10(27-16-6-4-3-5-13(16)18(20,21)22)17(26)24-14-8-7-12(19)9-15(14)23-11(2)25/h3-10H,1-2H3,(H,23,25)(H,24,26). The second kappa shape index (κ2) is 8.30. The van der Waals surface area contributed by atoms with E-state index in [4.69, 9.17) is 16.3 Å². The lowest BCUT2D eigenvalue weighted by atomic mass is 10.2. The molecule has 27 heavy (non-hydrogen) atoms. The summed E-state index contributed by atoms with van der Waals surface area (Å²) < 4.78 is 44.3. The third-order valence-electron chi connectivity index (χ3n) is 3.42. The number of para-hydroxylation sites is 1. The Bertz CT molecular complexity index is 856. The summed E-state index contributed by atoms with van der Waals surface area (Å²) in [7, 11) is 0. The molecule has 0 fully saturated rings. The van der Waals surface area contributed by atoms with Crippen LogP contribution in [0.2, 0.25) is 5.02 Å². The molecule has 1 atom stereocenters. The van der Waals surface area contributed by atoms with Crippen LogP contribution in [0.3, 0.4) is 0 Å². The highest BCUT2D eigenvalue weighted by Gasteiger charge is 2.34. The highest BCUT2D eigenvalue weighted by molar-refractivity contribution is 6.31. The van der Waals surface area contributed by atoms with Gasteiger partial charge in [0.25, 0.3) is 5.91 Å². The topological polar surface area (TPSA) is 67.4 Å². The molecule has 0 spiro atoms. The van der Waals surface area contributed by atoms with Crippen molar-refractivity contribution in [2.75, 3.05) is 10.6 Å². The van der Waals surface area contributed by atoms with Crippen molar-refractivity contribution in [1.29, 1.82) is 0 Å². The molecule has 0 heterocycles. The van der Waals surface area contributed by atoms with Crippen LogP contribution in [0, 0.1) is 0 Å². The fraction of sp³-hybridized carbons (Fsp3) is 0.222. The SMILES string of the molecule is CC(=O)Nc1cc(Cl)ccc1NC(=O)C(C)Oc1ccccc1C(F)(F)F. The minimum absolute atomic E-state index is 0.235. The van der Waals surface area contributed by atoms with Crippen molar-refractivity contribution in [1.82, 2.24) is 0 Å². The highest BCUT2D eigenvalue weighted by atomic mass is 35.5. The number of alkyl halides is 3. The molecule has 0 aromatic heterocycles. The van der Waals surface area contributed by atoms with Gasteiger partial charge in [-0.1, -0.05) is 23.7 Å². The maximum absolute atomic E-state index is 13.0. The van der Waals surface area contributed by atoms with Crippen molar-refractivity contribution < 1.29 is 27.5 Å². The van der Waals surface area contributed by atoms with Gasteiger partial charge in [-0.15, -0.1) is 0 Å². The molecule has 0 saturated heterocycles. The van der Waals surface area contributed by atoms with E-state index in [9.17, 15) is 22.8 Å². The van der Waals surface area contributed by atoms with E-state index in [2.05, 4.69) is 10.6 Å². The molecule has 2 N–H and O–H groups in total. The Morgan fingerprint density at radius 1 is 1.07 bits per heavy atom. The van der Waals surface area contributed by atoms with Gasteiger partial charge in [-0.2, -0.15) is 13.2 Å². The van der Waals surface area contributed by atoms with E-state index < -0.39 is 29.5 Å². The number of ether oxygens (including phenoxy) is 1. The smallest absolute Gasteiger partial charge is 0.419 e. The summed E-state index contributed by atoms with van der Waals surface area (Å²) in [6, 6.07) is 9.00. The number of nitrogens with one attached hydrogen (secondary N) is 2. The van der Waals surface area contributed by atoms with E-state index in [0.717, 1.165) is 12.1 Å². The third-order valence-corrected chi connectivity index (χ3v) is 3.65. The molecule has 2 aromatic carbocycles. The minimum atomic E-state index is -4.61. The summed E-state index contributed by atoms with van der Waals surface area (Å²) in [5.74, 6) is -1.53. The Morgan fingerprint density at radius 2 is 1.74 bits per heavy atom. The van der Waals surface area contributed by atoms with Crippen LogP contribution >= 0.6 is 11.6 Å². The Labute approximate surface area is 158 Å². The number of halogens is 4. The largest absolute Gasteiger partial charge is 0.480 e. The highest BCUT2D eigenvalue weighted by Crippen LogP contribution is 2.36. The van der Waals surface area contributed by atoms with Crippen LogP contribution in [-0.2, 0) is 15.8 Å². The van der Waals surface area contributed by atoms with Crippen LogP contribution in [0.15, 0.2) is 42.5 Å². The Balaban J connectivity index is 2.17. The van der Waals surface area contributed by atoms with Crippen molar-refractivity contribution in [3.05, 3.63) is 53.1 Å². The van der Waals surface area contributed by atoms with E-state index in [1.807, 2.05) is 0 Å². The van der Waals surface area contributed by atoms with Crippen molar-refractivity contribution >= 4 is 34.8 Å². The van der Waals surface area contributed by atoms with E-state index in [0.29, 0.717) is 5.02 Å². The summed E-state index contributed by atoms with van der Waals surface area (Å²) in [5, 5.41) is 5.35. The number of carbonyl (C=O) groups excluding carboxylic acids is 2. The number of hydrogen-bond donors (Lipinski definition) is 2. The first kappa shape index (κ1) is 20.6. The van der Waals surface area contributed by atoms with Gasteiger partial charge >= 0.3 is 6.18 Å². The van der Waals surface area contributed by atoms with E-state index >= 15 is 0 Å². The van der Waals surface area contributed by atoms with E-state index in [1.165, 1.54) is 44.2 Å². The molecule has 2 aromatic rings. The summed E-state index contributed by atoms with van der Waals surface area (Å²) in [6.07, 6.45) is -5.84. The van der Waals surface area contributed by atoms with Crippen LogP contribution in [0.4, 0.5) is 24.5 Å². The molecule has 9 heteroatoms. The van der Waals surface area contributed by atoms with Crippen LogP contribution in [0.25, 0.3) is 0 Å². The molecule has 0 saturated carbocycles. The summed E-state index contributed by atoms with van der Waals surface area (Å²) >= 11 is 5.87. The second-order valence-corrected chi connectivity index (χ2v) is 6.05. The lowest BCUT2D eigenvalue weighted by molar-refractivity contribution is -0.140. The average Bonchev–Trinajstić information content (AvgIpc) is 2.56. The van der Waals surface area contributed by atoms with Crippen LogP contribution < -0.4 is 15.4 Å². The zero-order valence-corrected chi connectivity index (χ0v) is 15.1. The third kappa shape index (κ3) is 5.62. The Kier molecular flexibility index (Phi) is 6.32. The van der Waals surface area contributed by atoms with Gasteiger partial charge in [0.15, 0.2) is 6.10 Å². The average molecular weight is 401 g/mol. The van der Waals surface area contributed by atoms with Crippen molar-refractivity contribution in [3.63, 3.8) is 0 Å². The van der Waals surface area contributed by atoms with Crippen molar-refractivity contribution in [2.45, 2.75) is 26.1 Å². The van der Waals surface area contributed by atoms with Gasteiger partial charge in [-0.3, -0.25) is 9.59 Å². The summed E-state index contributed by atoms with van der Waals surface area (Å²) in [5.41, 5.74) is -0.486. The molecular formula is C18H16ClF3N2O3. The van der Waals surface area contributed by atoms with Gasteiger partial charge in [-0.25, -0.2) is 0 Å². The monoisotopic (exact) mass is 400 g/mol. The molecule has 144 valence electrons. The van der Waals surface area contributed by atoms with Gasteiger partial charge < -0.3 is 15.4 Å². The Morgan fingerprint density at radius 3 is 2.37 bits per heavy atom.